The average Bonchev–Trinajstić information content (AvgIpc) is 2.88. The Morgan fingerprint density at radius 1 is 1.38 bits per heavy atom. The van der Waals surface area contributed by atoms with E-state index in [0.29, 0.717) is 0 Å². The predicted octanol–water partition coefficient (Wildman–Crippen LogP) is 2.24. The van der Waals surface area contributed by atoms with Crippen LogP contribution in [-0.2, 0) is 19.6 Å². The zero-order valence-electron chi connectivity index (χ0n) is 8.89. The summed E-state index contributed by atoms with van der Waals surface area (Å²) >= 11 is 1.71. The summed E-state index contributed by atoms with van der Waals surface area (Å²) in [6.45, 7) is 2.85. The fourth-order valence-corrected chi connectivity index (χ4v) is 2.81. The van der Waals surface area contributed by atoms with Crippen LogP contribution in [0.3, 0.4) is 0 Å². The van der Waals surface area contributed by atoms with Crippen LogP contribution >= 0.6 is 11.3 Å². The first-order valence-corrected chi connectivity index (χ1v) is 6.18. The number of hydrogen-bond acceptors (Lipinski definition) is 4. The number of anilines is 1. The lowest BCUT2D eigenvalue weighted by Crippen LogP contribution is -2.15. The third kappa shape index (κ3) is 1.70. The minimum absolute atomic E-state index is 0.916. The van der Waals surface area contributed by atoms with Crippen molar-refractivity contribution in [2.75, 3.05) is 5.73 Å². The molecule has 0 fully saturated rings. The van der Waals surface area contributed by atoms with E-state index in [1.54, 1.807) is 11.3 Å². The predicted molar refractivity (Wildman–Crippen MR) is 65.9 cm³/mol. The second kappa shape index (κ2) is 3.88. The van der Waals surface area contributed by atoms with E-state index in [-0.39, 0.29) is 0 Å². The number of rotatable bonds is 2. The van der Waals surface area contributed by atoms with E-state index in [9.17, 15) is 0 Å². The Morgan fingerprint density at radius 3 is 3.06 bits per heavy atom. The molecule has 0 amide bonds. The monoisotopic (exact) mass is 231 g/mol. The average molecular weight is 231 g/mol. The first kappa shape index (κ1) is 9.81. The van der Waals surface area contributed by atoms with Gasteiger partial charge in [0.15, 0.2) is 0 Å². The molecule has 2 N–H and O–H groups in total. The highest BCUT2D eigenvalue weighted by Gasteiger charge is 2.20. The highest BCUT2D eigenvalue weighted by atomic mass is 32.1. The molecule has 3 nitrogen and oxygen atoms in total. The summed E-state index contributed by atoms with van der Waals surface area (Å²) in [5.41, 5.74) is 9.53. The Morgan fingerprint density at radius 2 is 2.31 bits per heavy atom. The number of thiazole rings is 1. The van der Waals surface area contributed by atoms with Gasteiger partial charge in [0.05, 0.1) is 6.54 Å². The van der Waals surface area contributed by atoms with Crippen molar-refractivity contribution in [3.63, 3.8) is 0 Å². The third-order valence-electron chi connectivity index (χ3n) is 2.93. The summed E-state index contributed by atoms with van der Waals surface area (Å²) in [7, 11) is 0. The van der Waals surface area contributed by atoms with Crippen LogP contribution in [0, 0.1) is 0 Å². The summed E-state index contributed by atoms with van der Waals surface area (Å²) in [4.78, 5) is 6.69. The summed E-state index contributed by atoms with van der Waals surface area (Å²) in [6, 6.07) is 6.17. The van der Waals surface area contributed by atoms with Crippen LogP contribution in [0.4, 0.5) is 5.69 Å². The maximum atomic E-state index is 5.97. The highest BCUT2D eigenvalue weighted by Crippen LogP contribution is 2.28. The van der Waals surface area contributed by atoms with Crippen molar-refractivity contribution in [2.24, 2.45) is 0 Å². The molecule has 0 saturated carbocycles. The molecular weight excluding hydrogens is 218 g/mol. The van der Waals surface area contributed by atoms with E-state index < -0.39 is 0 Å². The Kier molecular flexibility index (Phi) is 2.38. The fourth-order valence-electron chi connectivity index (χ4n) is 2.15. The van der Waals surface area contributed by atoms with Gasteiger partial charge in [0.2, 0.25) is 0 Å². The van der Waals surface area contributed by atoms with Gasteiger partial charge >= 0.3 is 0 Å². The van der Waals surface area contributed by atoms with Gasteiger partial charge in [0.25, 0.3) is 0 Å². The van der Waals surface area contributed by atoms with Crippen molar-refractivity contribution < 1.29 is 0 Å². The van der Waals surface area contributed by atoms with Crippen LogP contribution in [0.2, 0.25) is 0 Å². The number of nitrogens with two attached hydrogens (primary N) is 1. The molecule has 16 heavy (non-hydrogen) atoms. The molecule has 2 heterocycles. The van der Waals surface area contributed by atoms with E-state index >= 15 is 0 Å². The lowest BCUT2D eigenvalue weighted by molar-refractivity contribution is 0.275. The molecule has 0 radical (unpaired) electrons. The Hall–Kier alpha value is -1.39. The van der Waals surface area contributed by atoms with Gasteiger partial charge in [-0.2, -0.15) is 0 Å². The van der Waals surface area contributed by atoms with Gasteiger partial charge in [-0.25, -0.2) is 4.98 Å². The largest absolute Gasteiger partial charge is 0.398 e. The molecule has 0 spiro atoms. The molecule has 1 aliphatic heterocycles. The highest BCUT2D eigenvalue weighted by molar-refractivity contribution is 7.09. The zero-order valence-corrected chi connectivity index (χ0v) is 9.70. The van der Waals surface area contributed by atoms with Crippen LogP contribution in [0.5, 0.6) is 0 Å². The van der Waals surface area contributed by atoms with Gasteiger partial charge in [-0.05, 0) is 17.2 Å². The van der Waals surface area contributed by atoms with Crippen molar-refractivity contribution >= 4 is 17.0 Å². The quantitative estimate of drug-likeness (QED) is 0.806. The normalized spacial score (nSPS) is 15.2. The number of fused-ring (bicyclic) bond motifs is 1. The molecule has 0 unspecified atom stereocenters. The SMILES string of the molecule is Nc1cccc2c1CN(Cc1nccs1)C2. The molecule has 4 heteroatoms. The molecule has 1 aliphatic rings. The number of benzene rings is 1. The molecule has 0 aliphatic carbocycles. The lowest BCUT2D eigenvalue weighted by Gasteiger charge is -2.12. The van der Waals surface area contributed by atoms with E-state index in [2.05, 4.69) is 16.0 Å². The van der Waals surface area contributed by atoms with Gasteiger partial charge in [0.1, 0.15) is 5.01 Å². The van der Waals surface area contributed by atoms with E-state index in [4.69, 9.17) is 5.73 Å². The van der Waals surface area contributed by atoms with Gasteiger partial charge in [-0.1, -0.05) is 12.1 Å². The van der Waals surface area contributed by atoms with Gasteiger partial charge in [-0.15, -0.1) is 11.3 Å². The zero-order chi connectivity index (χ0) is 11.0. The smallest absolute Gasteiger partial charge is 0.107 e. The van der Waals surface area contributed by atoms with Gasteiger partial charge in [0, 0.05) is 30.4 Å². The third-order valence-corrected chi connectivity index (χ3v) is 3.69. The first-order valence-electron chi connectivity index (χ1n) is 5.30. The van der Waals surface area contributed by atoms with E-state index in [0.717, 1.165) is 25.3 Å². The van der Waals surface area contributed by atoms with Gasteiger partial charge < -0.3 is 5.73 Å². The molecule has 0 atom stereocenters. The molecule has 82 valence electrons. The van der Waals surface area contributed by atoms with Gasteiger partial charge in [-0.3, -0.25) is 4.90 Å². The Bertz CT molecular complexity index is 493. The van der Waals surface area contributed by atoms with Crippen molar-refractivity contribution in [1.82, 2.24) is 9.88 Å². The summed E-state index contributed by atoms with van der Waals surface area (Å²) in [6.07, 6.45) is 1.86. The minimum Gasteiger partial charge on any atom is -0.398 e. The number of nitrogen functional groups attached to an aromatic ring is 1. The van der Waals surface area contributed by atoms with Crippen molar-refractivity contribution in [3.05, 3.63) is 45.9 Å². The van der Waals surface area contributed by atoms with Crippen LogP contribution in [-0.4, -0.2) is 9.88 Å². The second-order valence-electron chi connectivity index (χ2n) is 4.06. The maximum absolute atomic E-state index is 5.97. The van der Waals surface area contributed by atoms with Crippen molar-refractivity contribution in [3.8, 4) is 0 Å². The molecule has 3 rings (SSSR count). The standard InChI is InChI=1S/C12H13N3S/c13-11-3-1-2-9-6-15(7-10(9)11)8-12-14-4-5-16-12/h1-5H,6-8,13H2. The number of nitrogens with zero attached hydrogens (tertiary/aromatic N) is 2. The fraction of sp³-hybridized carbons (Fsp3) is 0.250. The maximum Gasteiger partial charge on any atom is 0.107 e. The first-order chi connectivity index (χ1) is 7.83. The molecular formula is C12H13N3S. The molecule has 1 aromatic carbocycles. The topological polar surface area (TPSA) is 42.1 Å². The van der Waals surface area contributed by atoms with Crippen LogP contribution < -0.4 is 5.73 Å². The van der Waals surface area contributed by atoms with Crippen LogP contribution in [0.15, 0.2) is 29.8 Å². The summed E-state index contributed by atoms with van der Waals surface area (Å²) in [5.74, 6) is 0. The Labute approximate surface area is 98.5 Å². The van der Waals surface area contributed by atoms with E-state index in [1.165, 1.54) is 16.1 Å². The summed E-state index contributed by atoms with van der Waals surface area (Å²) in [5, 5.41) is 3.19. The minimum atomic E-state index is 0.916. The molecule has 0 bridgehead atoms. The van der Waals surface area contributed by atoms with Crippen molar-refractivity contribution in [2.45, 2.75) is 19.6 Å². The van der Waals surface area contributed by atoms with Crippen molar-refractivity contribution in [1.29, 1.82) is 0 Å². The lowest BCUT2D eigenvalue weighted by atomic mass is 10.1. The molecule has 2 aromatic rings. The molecule has 1 aromatic heterocycles. The Balaban J connectivity index is 1.78. The van der Waals surface area contributed by atoms with E-state index in [1.807, 2.05) is 23.7 Å². The summed E-state index contributed by atoms with van der Waals surface area (Å²) < 4.78 is 0. The van der Waals surface area contributed by atoms with Crippen LogP contribution in [0.25, 0.3) is 0 Å². The number of hydrogen-bond donors (Lipinski definition) is 1. The molecule has 0 saturated heterocycles. The number of aromatic nitrogens is 1. The second-order valence-corrected chi connectivity index (χ2v) is 5.04. The van der Waals surface area contributed by atoms with Crippen LogP contribution in [0.1, 0.15) is 16.1 Å².